The van der Waals surface area contributed by atoms with Crippen molar-refractivity contribution in [2.45, 2.75) is 143 Å². The average molecular weight is 467 g/mol. The van der Waals surface area contributed by atoms with Crippen LogP contribution < -0.4 is 0 Å². The fraction of sp³-hybridized carbons (Fsp3) is 0.931. The summed E-state index contributed by atoms with van der Waals surface area (Å²) in [6.07, 6.45) is 21.9. The first kappa shape index (κ1) is 30.0. The number of carbonyl (C=O) groups is 2. The lowest BCUT2D eigenvalue weighted by Crippen LogP contribution is -2.30. The molecule has 0 aromatic carbocycles. The molecule has 0 spiro atoms. The maximum absolute atomic E-state index is 12.5. The molecular weight excluding hydrogens is 412 g/mol. The van der Waals surface area contributed by atoms with Crippen LogP contribution in [-0.2, 0) is 19.1 Å². The van der Waals surface area contributed by atoms with Crippen molar-refractivity contribution in [3.05, 3.63) is 0 Å². The molecule has 4 nitrogen and oxygen atoms in total. The Morgan fingerprint density at radius 3 is 1.55 bits per heavy atom. The Morgan fingerprint density at radius 1 is 0.667 bits per heavy atom. The lowest BCUT2D eigenvalue weighted by molar-refractivity contribution is -0.155. The van der Waals surface area contributed by atoms with Crippen LogP contribution in [0.5, 0.6) is 0 Å². The summed E-state index contributed by atoms with van der Waals surface area (Å²) >= 11 is 0. The van der Waals surface area contributed by atoms with E-state index in [-0.39, 0.29) is 23.8 Å². The number of ether oxygens (including phenoxy) is 2. The molecule has 33 heavy (non-hydrogen) atoms. The molecule has 194 valence electrons. The second kappa shape index (κ2) is 20.3. The van der Waals surface area contributed by atoms with Gasteiger partial charge in [-0.3, -0.25) is 9.59 Å². The van der Waals surface area contributed by atoms with Crippen LogP contribution in [0.2, 0.25) is 0 Å². The van der Waals surface area contributed by atoms with E-state index in [9.17, 15) is 9.59 Å². The first-order chi connectivity index (χ1) is 16.0. The number of rotatable bonds is 20. The molecule has 0 bridgehead atoms. The number of hydrogen-bond donors (Lipinski definition) is 0. The van der Waals surface area contributed by atoms with E-state index in [4.69, 9.17) is 9.47 Å². The number of carbonyl (C=O) groups excluding carboxylic acids is 2. The molecule has 1 fully saturated rings. The molecule has 4 heteroatoms. The second-order valence-corrected chi connectivity index (χ2v) is 10.7. The molecule has 0 N–H and O–H groups in total. The zero-order valence-electron chi connectivity index (χ0n) is 22.2. The third-order valence-corrected chi connectivity index (χ3v) is 7.00. The number of hydrogen-bond acceptors (Lipinski definition) is 4. The fourth-order valence-electron chi connectivity index (χ4n) is 4.80. The summed E-state index contributed by atoms with van der Waals surface area (Å²) in [7, 11) is 0. The van der Waals surface area contributed by atoms with Gasteiger partial charge in [0.2, 0.25) is 0 Å². The summed E-state index contributed by atoms with van der Waals surface area (Å²) in [5.74, 6) is 0.264. The predicted molar refractivity (Wildman–Crippen MR) is 137 cm³/mol. The van der Waals surface area contributed by atoms with Crippen LogP contribution in [0.1, 0.15) is 143 Å². The van der Waals surface area contributed by atoms with Crippen molar-refractivity contribution in [2.75, 3.05) is 13.2 Å². The minimum absolute atomic E-state index is 0.103. The first-order valence-corrected chi connectivity index (χ1v) is 14.4. The summed E-state index contributed by atoms with van der Waals surface area (Å²) in [4.78, 5) is 24.9. The Labute approximate surface area is 205 Å². The highest BCUT2D eigenvalue weighted by atomic mass is 16.5. The van der Waals surface area contributed by atoms with Crippen LogP contribution in [0.3, 0.4) is 0 Å². The van der Waals surface area contributed by atoms with Crippen molar-refractivity contribution in [2.24, 2.45) is 17.8 Å². The van der Waals surface area contributed by atoms with E-state index < -0.39 is 0 Å². The van der Waals surface area contributed by atoms with Crippen molar-refractivity contribution >= 4 is 11.9 Å². The first-order valence-electron chi connectivity index (χ1n) is 14.4. The van der Waals surface area contributed by atoms with E-state index in [1.165, 1.54) is 70.6 Å². The van der Waals surface area contributed by atoms with Crippen molar-refractivity contribution in [1.29, 1.82) is 0 Å². The normalized spacial score (nSPS) is 18.4. The highest BCUT2D eigenvalue weighted by Gasteiger charge is 2.32. The van der Waals surface area contributed by atoms with Gasteiger partial charge < -0.3 is 9.47 Å². The molecule has 1 aliphatic rings. The average Bonchev–Trinajstić information content (AvgIpc) is 2.81. The Bertz CT molecular complexity index is 488. The molecule has 0 aromatic rings. The topological polar surface area (TPSA) is 52.6 Å². The third kappa shape index (κ3) is 16.2. The zero-order chi connectivity index (χ0) is 24.2. The number of unbranched alkanes of at least 4 members (excludes halogenated alkanes) is 12. The summed E-state index contributed by atoms with van der Waals surface area (Å²) < 4.78 is 11.0. The van der Waals surface area contributed by atoms with Gasteiger partial charge in [-0.2, -0.15) is 0 Å². The Hall–Kier alpha value is -1.06. The number of esters is 2. The highest BCUT2D eigenvalue weighted by molar-refractivity contribution is 5.76. The van der Waals surface area contributed by atoms with E-state index in [0.29, 0.717) is 19.6 Å². The molecule has 1 rings (SSSR count). The zero-order valence-corrected chi connectivity index (χ0v) is 22.2. The molecule has 0 amide bonds. The molecule has 1 aliphatic carbocycles. The Kier molecular flexibility index (Phi) is 18.5. The summed E-state index contributed by atoms with van der Waals surface area (Å²) in [5, 5.41) is 0. The van der Waals surface area contributed by atoms with Gasteiger partial charge in [-0.1, -0.05) is 111 Å². The van der Waals surface area contributed by atoms with Crippen LogP contribution in [0, 0.1) is 17.8 Å². The van der Waals surface area contributed by atoms with Gasteiger partial charge in [0.25, 0.3) is 0 Å². The lowest BCUT2D eigenvalue weighted by atomic mass is 9.81. The monoisotopic (exact) mass is 466 g/mol. The minimum Gasteiger partial charge on any atom is -0.465 e. The summed E-state index contributed by atoms with van der Waals surface area (Å²) in [6.45, 7) is 7.78. The van der Waals surface area contributed by atoms with Crippen molar-refractivity contribution < 1.29 is 19.1 Å². The second-order valence-electron chi connectivity index (χ2n) is 10.7. The van der Waals surface area contributed by atoms with Crippen LogP contribution in [-0.4, -0.2) is 25.2 Å². The van der Waals surface area contributed by atoms with Gasteiger partial charge in [0.15, 0.2) is 0 Å². The van der Waals surface area contributed by atoms with Gasteiger partial charge >= 0.3 is 11.9 Å². The maximum Gasteiger partial charge on any atom is 0.308 e. The maximum atomic E-state index is 12.5. The molecule has 0 aromatic heterocycles. The van der Waals surface area contributed by atoms with E-state index in [1.807, 2.05) is 0 Å². The van der Waals surface area contributed by atoms with E-state index in [0.717, 1.165) is 50.9 Å². The predicted octanol–water partition coefficient (Wildman–Crippen LogP) is 8.41. The molecule has 0 heterocycles. The van der Waals surface area contributed by atoms with Crippen LogP contribution in [0.25, 0.3) is 0 Å². The van der Waals surface area contributed by atoms with Crippen molar-refractivity contribution in [3.63, 3.8) is 0 Å². The fourth-order valence-corrected chi connectivity index (χ4v) is 4.80. The smallest absolute Gasteiger partial charge is 0.308 e. The summed E-state index contributed by atoms with van der Waals surface area (Å²) in [6, 6.07) is 0. The van der Waals surface area contributed by atoms with Crippen molar-refractivity contribution in [1.82, 2.24) is 0 Å². The molecule has 2 atom stereocenters. The molecule has 1 saturated carbocycles. The molecule has 0 saturated heterocycles. The van der Waals surface area contributed by atoms with Gasteiger partial charge in [-0.25, -0.2) is 0 Å². The van der Waals surface area contributed by atoms with Gasteiger partial charge in [-0.15, -0.1) is 0 Å². The van der Waals surface area contributed by atoms with E-state index in [1.54, 1.807) is 0 Å². The van der Waals surface area contributed by atoms with Gasteiger partial charge in [0.05, 0.1) is 25.0 Å². The Morgan fingerprint density at radius 2 is 1.09 bits per heavy atom. The minimum atomic E-state index is -0.131. The van der Waals surface area contributed by atoms with Crippen LogP contribution in [0.4, 0.5) is 0 Å². The van der Waals surface area contributed by atoms with Crippen molar-refractivity contribution in [3.8, 4) is 0 Å². The van der Waals surface area contributed by atoms with Crippen LogP contribution in [0.15, 0.2) is 0 Å². The Balaban J connectivity index is 2.03. The standard InChI is InChI=1S/C29H54O4/c1-4-5-6-7-8-9-10-11-12-13-16-22-32-28(30)26-20-18-21-27(24-26)29(31)33-23-17-14-15-19-25(2)3/h25-27H,4-24H2,1-3H3. The molecule has 0 aliphatic heterocycles. The molecule has 2 unspecified atom stereocenters. The molecular formula is C29H54O4. The lowest BCUT2D eigenvalue weighted by Gasteiger charge is -2.26. The quantitative estimate of drug-likeness (QED) is 0.133. The summed E-state index contributed by atoms with van der Waals surface area (Å²) in [5.41, 5.74) is 0. The SMILES string of the molecule is CCCCCCCCCCCCCOC(=O)C1CCCC(C(=O)OCCCCCC(C)C)C1. The highest BCUT2D eigenvalue weighted by Crippen LogP contribution is 2.31. The largest absolute Gasteiger partial charge is 0.465 e. The van der Waals surface area contributed by atoms with E-state index in [2.05, 4.69) is 20.8 Å². The van der Waals surface area contributed by atoms with E-state index >= 15 is 0 Å². The third-order valence-electron chi connectivity index (χ3n) is 7.00. The van der Waals surface area contributed by atoms with Crippen LogP contribution >= 0.6 is 0 Å². The van der Waals surface area contributed by atoms with Gasteiger partial charge in [0, 0.05) is 0 Å². The van der Waals surface area contributed by atoms with Gasteiger partial charge in [-0.05, 0) is 38.0 Å². The van der Waals surface area contributed by atoms with Gasteiger partial charge in [0.1, 0.15) is 0 Å². The molecule has 0 radical (unpaired) electrons.